The zero-order valence-corrected chi connectivity index (χ0v) is 10.7. The Bertz CT molecular complexity index is 450. The molecule has 0 fully saturated rings. The third-order valence-electron chi connectivity index (χ3n) is 1.83. The Morgan fingerprint density at radius 1 is 1.46 bits per heavy atom. The highest BCUT2D eigenvalue weighted by Gasteiger charge is 2.06. The molecule has 0 unspecified atom stereocenters. The molecule has 0 N–H and O–H groups in total. The molecule has 13 heavy (non-hydrogen) atoms. The Morgan fingerprint density at radius 3 is 2.92 bits per heavy atom. The molecule has 1 aromatic heterocycles. The van der Waals surface area contributed by atoms with Crippen LogP contribution in [-0.4, -0.2) is 7.11 Å². The second-order valence-corrected chi connectivity index (χ2v) is 5.16. The highest BCUT2D eigenvalue weighted by molar-refractivity contribution is 14.1. The van der Waals surface area contributed by atoms with Crippen LogP contribution < -0.4 is 4.74 Å². The van der Waals surface area contributed by atoms with Crippen molar-refractivity contribution in [3.63, 3.8) is 0 Å². The van der Waals surface area contributed by atoms with Gasteiger partial charge in [0, 0.05) is 23.9 Å². The van der Waals surface area contributed by atoms with Gasteiger partial charge in [-0.1, -0.05) is 0 Å². The van der Waals surface area contributed by atoms with Crippen LogP contribution in [0.25, 0.3) is 10.1 Å². The molecule has 2 aromatic rings. The van der Waals surface area contributed by atoms with Gasteiger partial charge in [0.1, 0.15) is 5.75 Å². The Morgan fingerprint density at radius 2 is 2.23 bits per heavy atom. The minimum absolute atomic E-state index is 0.950. The van der Waals surface area contributed by atoms with Crippen LogP contribution in [0.3, 0.4) is 0 Å². The van der Waals surface area contributed by atoms with E-state index in [2.05, 4.69) is 47.4 Å². The lowest BCUT2D eigenvalue weighted by molar-refractivity contribution is 0.421. The summed E-state index contributed by atoms with van der Waals surface area (Å²) in [6.07, 6.45) is 0. The van der Waals surface area contributed by atoms with Crippen molar-refractivity contribution in [2.75, 3.05) is 7.11 Å². The molecule has 4 heteroatoms. The second-order valence-electron chi connectivity index (χ2n) is 2.60. The van der Waals surface area contributed by atoms with E-state index >= 15 is 0 Å². The van der Waals surface area contributed by atoms with Crippen LogP contribution in [0, 0.1) is 3.57 Å². The quantitative estimate of drug-likeness (QED) is 0.621. The highest BCUT2D eigenvalue weighted by atomic mass is 127. The predicted molar refractivity (Wildman–Crippen MR) is 68.3 cm³/mol. The van der Waals surface area contributed by atoms with Crippen LogP contribution in [0.5, 0.6) is 5.75 Å². The van der Waals surface area contributed by atoms with Gasteiger partial charge in [-0.05, 0) is 34.7 Å². The molecule has 0 aliphatic rings. The summed E-state index contributed by atoms with van der Waals surface area (Å²) < 4.78 is 7.63. The highest BCUT2D eigenvalue weighted by Crippen LogP contribution is 2.35. The first kappa shape index (κ1) is 9.61. The summed E-state index contributed by atoms with van der Waals surface area (Å²) in [6, 6.07) is 4.18. The number of methoxy groups -OCH3 is 1. The van der Waals surface area contributed by atoms with Crippen molar-refractivity contribution in [2.24, 2.45) is 0 Å². The number of halogens is 1. The number of fused-ring (bicyclic) bond motifs is 1. The molecule has 0 saturated carbocycles. The van der Waals surface area contributed by atoms with E-state index in [4.69, 9.17) is 4.74 Å². The lowest BCUT2D eigenvalue weighted by Crippen LogP contribution is -1.80. The summed E-state index contributed by atoms with van der Waals surface area (Å²) in [5.41, 5.74) is 0. The Hall–Kier alpha value is 0.0600. The third-order valence-corrected chi connectivity index (χ3v) is 4.44. The summed E-state index contributed by atoms with van der Waals surface area (Å²) in [5, 5.41) is 3.20. The van der Waals surface area contributed by atoms with Crippen molar-refractivity contribution in [2.45, 2.75) is 4.90 Å². The molecule has 1 aromatic carbocycles. The fourth-order valence-corrected chi connectivity index (χ4v) is 2.85. The van der Waals surface area contributed by atoms with E-state index in [1.807, 2.05) is 5.38 Å². The summed E-state index contributed by atoms with van der Waals surface area (Å²) in [7, 11) is 1.70. The summed E-state index contributed by atoms with van der Waals surface area (Å²) >= 11 is 8.33. The van der Waals surface area contributed by atoms with Gasteiger partial charge in [-0.25, -0.2) is 0 Å². The van der Waals surface area contributed by atoms with E-state index in [1.54, 1.807) is 18.4 Å². The lowest BCUT2D eigenvalue weighted by atomic mass is 10.2. The van der Waals surface area contributed by atoms with Gasteiger partial charge in [-0.3, -0.25) is 0 Å². The molecule has 0 spiro atoms. The van der Waals surface area contributed by atoms with Gasteiger partial charge in [-0.15, -0.1) is 24.0 Å². The number of thiol groups is 1. The minimum Gasteiger partial charge on any atom is -0.495 e. The fourth-order valence-electron chi connectivity index (χ4n) is 1.17. The number of hydrogen-bond donors (Lipinski definition) is 1. The number of thiophene rings is 1. The first-order valence-corrected chi connectivity index (χ1v) is 6.06. The summed E-state index contributed by atoms with van der Waals surface area (Å²) in [5.74, 6) is 0.950. The molecule has 1 heterocycles. The van der Waals surface area contributed by atoms with Crippen molar-refractivity contribution in [3.8, 4) is 5.75 Å². The lowest BCUT2D eigenvalue weighted by Gasteiger charge is -1.99. The SMILES string of the molecule is COc1csc2cc(S)c(I)cc12. The number of benzene rings is 1. The summed E-state index contributed by atoms with van der Waals surface area (Å²) in [6.45, 7) is 0. The molecule has 0 bridgehead atoms. The van der Waals surface area contributed by atoms with Crippen LogP contribution in [0.1, 0.15) is 0 Å². The van der Waals surface area contributed by atoms with Gasteiger partial charge in [0.2, 0.25) is 0 Å². The standard InChI is InChI=1S/C9H7IOS2/c1-11-7-4-13-9-3-8(12)6(10)2-5(7)9/h2-4,12H,1H3. The first-order chi connectivity index (χ1) is 6.22. The molecule has 1 nitrogen and oxygen atoms in total. The van der Waals surface area contributed by atoms with Crippen molar-refractivity contribution in [1.29, 1.82) is 0 Å². The Labute approximate surface area is 99.6 Å². The predicted octanol–water partition coefficient (Wildman–Crippen LogP) is 3.80. The smallest absolute Gasteiger partial charge is 0.137 e. The van der Waals surface area contributed by atoms with Crippen LogP contribution in [0.2, 0.25) is 0 Å². The molecule has 0 atom stereocenters. The monoisotopic (exact) mass is 322 g/mol. The zero-order chi connectivity index (χ0) is 9.42. The van der Waals surface area contributed by atoms with E-state index < -0.39 is 0 Å². The van der Waals surface area contributed by atoms with Gasteiger partial charge >= 0.3 is 0 Å². The molecule has 2 rings (SSSR count). The molecule has 0 amide bonds. The third kappa shape index (κ3) is 1.67. The topological polar surface area (TPSA) is 9.23 Å². The molecule has 0 aliphatic heterocycles. The maximum Gasteiger partial charge on any atom is 0.137 e. The van der Waals surface area contributed by atoms with Crippen LogP contribution in [0.15, 0.2) is 22.4 Å². The van der Waals surface area contributed by atoms with Crippen LogP contribution >= 0.6 is 46.6 Å². The Balaban J connectivity index is 2.77. The number of ether oxygens (including phenoxy) is 1. The Kier molecular flexibility index (Phi) is 2.71. The average Bonchev–Trinajstić information content (AvgIpc) is 2.48. The van der Waals surface area contributed by atoms with E-state index in [-0.39, 0.29) is 0 Å². The van der Waals surface area contributed by atoms with Crippen LogP contribution in [-0.2, 0) is 0 Å². The molecular formula is C9H7IOS2. The molecule has 68 valence electrons. The maximum absolute atomic E-state index is 5.24. The molecule has 0 radical (unpaired) electrons. The van der Waals surface area contributed by atoms with Gasteiger partial charge in [-0.2, -0.15) is 0 Å². The van der Waals surface area contributed by atoms with E-state index in [1.165, 1.54) is 10.1 Å². The first-order valence-electron chi connectivity index (χ1n) is 3.66. The van der Waals surface area contributed by atoms with Crippen molar-refractivity contribution in [1.82, 2.24) is 0 Å². The second kappa shape index (κ2) is 3.67. The van der Waals surface area contributed by atoms with Crippen molar-refractivity contribution in [3.05, 3.63) is 21.1 Å². The van der Waals surface area contributed by atoms with Gasteiger partial charge in [0.25, 0.3) is 0 Å². The van der Waals surface area contributed by atoms with Gasteiger partial charge in [0.15, 0.2) is 0 Å². The van der Waals surface area contributed by atoms with E-state index in [0.29, 0.717) is 0 Å². The van der Waals surface area contributed by atoms with E-state index in [9.17, 15) is 0 Å². The average molecular weight is 322 g/mol. The largest absolute Gasteiger partial charge is 0.495 e. The maximum atomic E-state index is 5.24. The zero-order valence-electron chi connectivity index (χ0n) is 6.87. The number of hydrogen-bond acceptors (Lipinski definition) is 3. The fraction of sp³-hybridized carbons (Fsp3) is 0.111. The van der Waals surface area contributed by atoms with Crippen molar-refractivity contribution < 1.29 is 4.74 Å². The normalized spacial score (nSPS) is 10.7. The van der Waals surface area contributed by atoms with Gasteiger partial charge < -0.3 is 4.74 Å². The molecule has 0 aliphatic carbocycles. The van der Waals surface area contributed by atoms with Crippen LogP contribution in [0.4, 0.5) is 0 Å². The van der Waals surface area contributed by atoms with Gasteiger partial charge in [0.05, 0.1) is 7.11 Å². The van der Waals surface area contributed by atoms with E-state index in [0.717, 1.165) is 14.2 Å². The number of rotatable bonds is 1. The van der Waals surface area contributed by atoms with Crippen molar-refractivity contribution >= 4 is 56.6 Å². The summed E-state index contributed by atoms with van der Waals surface area (Å²) in [4.78, 5) is 1.03. The molecular weight excluding hydrogens is 315 g/mol. The minimum atomic E-state index is 0.950. The molecule has 0 saturated heterocycles.